The number of rotatable bonds is 4. The van der Waals surface area contributed by atoms with Crippen molar-refractivity contribution in [2.75, 3.05) is 19.6 Å². The molecule has 126 valence electrons. The zero-order valence-corrected chi connectivity index (χ0v) is 13.9. The fourth-order valence-corrected chi connectivity index (χ4v) is 3.88. The summed E-state index contributed by atoms with van der Waals surface area (Å²) in [6, 6.07) is 10.1. The lowest BCUT2D eigenvalue weighted by atomic mass is 9.94. The van der Waals surface area contributed by atoms with Crippen molar-refractivity contribution in [3.63, 3.8) is 0 Å². The van der Waals surface area contributed by atoms with Gasteiger partial charge in [-0.15, -0.1) is 0 Å². The molecule has 2 atom stereocenters. The lowest BCUT2D eigenvalue weighted by Crippen LogP contribution is -2.48. The summed E-state index contributed by atoms with van der Waals surface area (Å²) in [5, 5.41) is 0. The third-order valence-electron chi connectivity index (χ3n) is 5.47. The SMILES string of the molecule is O=C(/C=C/c1ccccc1)N1C[C@@H]2CC[C@H](C1)N(CC1CC1)C2=O. The monoisotopic (exact) mass is 324 g/mol. The molecule has 4 aliphatic rings. The number of benzene rings is 1. The Morgan fingerprint density at radius 3 is 2.62 bits per heavy atom. The van der Waals surface area contributed by atoms with Gasteiger partial charge in [0.2, 0.25) is 11.8 Å². The number of carbonyl (C=O) groups excluding carboxylic acids is 2. The van der Waals surface area contributed by atoms with E-state index in [0.29, 0.717) is 19.0 Å². The first-order valence-electron chi connectivity index (χ1n) is 9.03. The van der Waals surface area contributed by atoms with Crippen molar-refractivity contribution in [3.8, 4) is 0 Å². The van der Waals surface area contributed by atoms with Crippen LogP contribution >= 0.6 is 0 Å². The maximum atomic E-state index is 12.7. The summed E-state index contributed by atoms with van der Waals surface area (Å²) in [4.78, 5) is 29.3. The molecule has 3 aliphatic heterocycles. The van der Waals surface area contributed by atoms with Gasteiger partial charge in [0.15, 0.2) is 0 Å². The minimum atomic E-state index is -0.00317. The summed E-state index contributed by atoms with van der Waals surface area (Å²) in [6.07, 6.45) is 7.98. The first-order valence-corrected chi connectivity index (χ1v) is 9.03. The van der Waals surface area contributed by atoms with E-state index in [-0.39, 0.29) is 23.8 Å². The quantitative estimate of drug-likeness (QED) is 0.799. The molecule has 4 heteroatoms. The Morgan fingerprint density at radius 2 is 1.88 bits per heavy atom. The lowest BCUT2D eigenvalue weighted by molar-refractivity contribution is -0.140. The van der Waals surface area contributed by atoms with Crippen LogP contribution in [0.5, 0.6) is 0 Å². The van der Waals surface area contributed by atoms with Crippen LogP contribution in [0.25, 0.3) is 6.08 Å². The molecule has 3 saturated heterocycles. The topological polar surface area (TPSA) is 40.6 Å². The zero-order valence-electron chi connectivity index (χ0n) is 13.9. The molecular weight excluding hydrogens is 300 g/mol. The largest absolute Gasteiger partial charge is 0.337 e. The van der Waals surface area contributed by atoms with E-state index < -0.39 is 0 Å². The van der Waals surface area contributed by atoms with Gasteiger partial charge >= 0.3 is 0 Å². The predicted octanol–water partition coefficient (Wildman–Crippen LogP) is 2.56. The van der Waals surface area contributed by atoms with E-state index in [9.17, 15) is 9.59 Å². The molecule has 5 rings (SSSR count). The van der Waals surface area contributed by atoms with Crippen molar-refractivity contribution in [1.82, 2.24) is 9.80 Å². The van der Waals surface area contributed by atoms with Gasteiger partial charge < -0.3 is 9.80 Å². The molecular formula is C20H24N2O2. The van der Waals surface area contributed by atoms with E-state index in [2.05, 4.69) is 4.90 Å². The Hall–Kier alpha value is -2.10. The number of fused-ring (bicyclic) bond motifs is 4. The van der Waals surface area contributed by atoms with Gasteiger partial charge in [-0.3, -0.25) is 9.59 Å². The molecule has 4 fully saturated rings. The number of hydrogen-bond acceptors (Lipinski definition) is 2. The van der Waals surface area contributed by atoms with Gasteiger partial charge in [-0.1, -0.05) is 30.3 Å². The normalized spacial score (nSPS) is 26.9. The Bertz CT molecular complexity index is 651. The number of carbonyl (C=O) groups is 2. The first-order chi connectivity index (χ1) is 11.7. The maximum absolute atomic E-state index is 12.7. The van der Waals surface area contributed by atoms with E-state index in [1.54, 1.807) is 6.08 Å². The fraction of sp³-hybridized carbons (Fsp3) is 0.500. The fourth-order valence-electron chi connectivity index (χ4n) is 3.88. The summed E-state index contributed by atoms with van der Waals surface area (Å²) in [7, 11) is 0. The van der Waals surface area contributed by atoms with E-state index in [0.717, 1.165) is 24.9 Å². The van der Waals surface area contributed by atoms with Gasteiger partial charge in [0, 0.05) is 31.8 Å². The third-order valence-corrected chi connectivity index (χ3v) is 5.47. The van der Waals surface area contributed by atoms with Crippen LogP contribution in [-0.4, -0.2) is 47.3 Å². The second-order valence-electron chi connectivity index (χ2n) is 7.35. The Labute approximate surface area is 143 Å². The zero-order chi connectivity index (χ0) is 16.5. The van der Waals surface area contributed by atoms with Crippen LogP contribution in [0, 0.1) is 11.8 Å². The van der Waals surface area contributed by atoms with Crippen LogP contribution in [-0.2, 0) is 9.59 Å². The number of hydrogen-bond donors (Lipinski definition) is 0. The van der Waals surface area contributed by atoms with E-state index in [1.807, 2.05) is 41.3 Å². The molecule has 2 amide bonds. The second-order valence-corrected chi connectivity index (χ2v) is 7.35. The molecule has 0 radical (unpaired) electrons. The van der Waals surface area contributed by atoms with Crippen LogP contribution in [0.2, 0.25) is 0 Å². The number of amides is 2. The molecule has 1 saturated carbocycles. The number of nitrogens with zero attached hydrogens (tertiary/aromatic N) is 2. The van der Waals surface area contributed by atoms with Crippen LogP contribution in [0.1, 0.15) is 31.2 Å². The van der Waals surface area contributed by atoms with Crippen molar-refractivity contribution in [2.45, 2.75) is 31.7 Å². The van der Waals surface area contributed by atoms with Gasteiger partial charge in [-0.25, -0.2) is 0 Å². The van der Waals surface area contributed by atoms with Gasteiger partial charge in [0.1, 0.15) is 0 Å². The Kier molecular flexibility index (Phi) is 4.13. The highest BCUT2D eigenvalue weighted by Crippen LogP contribution is 2.35. The predicted molar refractivity (Wildman–Crippen MR) is 93.0 cm³/mol. The van der Waals surface area contributed by atoms with Gasteiger partial charge in [0.25, 0.3) is 0 Å². The third kappa shape index (κ3) is 3.23. The standard InChI is InChI=1S/C20H24N2O2/c23-19(11-8-15-4-2-1-3-5-15)21-13-17-9-10-18(14-21)22(20(17)24)12-16-6-7-16/h1-5,8,11,16-18H,6-7,9-10,12-14H2/b11-8+/t17-,18+/m0/s1. The summed E-state index contributed by atoms with van der Waals surface area (Å²) in [6.45, 7) is 2.17. The second kappa shape index (κ2) is 6.42. The highest BCUT2D eigenvalue weighted by molar-refractivity contribution is 5.92. The molecule has 2 bridgehead atoms. The van der Waals surface area contributed by atoms with Crippen molar-refractivity contribution in [1.29, 1.82) is 0 Å². The van der Waals surface area contributed by atoms with Gasteiger partial charge in [-0.2, -0.15) is 0 Å². The maximum Gasteiger partial charge on any atom is 0.246 e. The molecule has 3 heterocycles. The summed E-state index contributed by atoms with van der Waals surface area (Å²) in [5.41, 5.74) is 1.02. The van der Waals surface area contributed by atoms with Crippen LogP contribution in [0.15, 0.2) is 36.4 Å². The molecule has 0 aromatic heterocycles. The average Bonchev–Trinajstić information content (AvgIpc) is 3.44. The number of piperidine rings is 1. The molecule has 1 aromatic carbocycles. The smallest absolute Gasteiger partial charge is 0.246 e. The van der Waals surface area contributed by atoms with E-state index >= 15 is 0 Å². The minimum absolute atomic E-state index is 0.00317. The van der Waals surface area contributed by atoms with Crippen molar-refractivity contribution in [3.05, 3.63) is 42.0 Å². The van der Waals surface area contributed by atoms with Gasteiger partial charge in [-0.05, 0) is 43.2 Å². The van der Waals surface area contributed by atoms with Crippen LogP contribution in [0.3, 0.4) is 0 Å². The van der Waals surface area contributed by atoms with Crippen molar-refractivity contribution in [2.24, 2.45) is 11.8 Å². The highest BCUT2D eigenvalue weighted by atomic mass is 16.2. The van der Waals surface area contributed by atoms with Gasteiger partial charge in [0.05, 0.1) is 5.92 Å². The summed E-state index contributed by atoms with van der Waals surface area (Å²) in [5.74, 6) is 1.00. The summed E-state index contributed by atoms with van der Waals surface area (Å²) < 4.78 is 0. The molecule has 0 spiro atoms. The van der Waals surface area contributed by atoms with Crippen molar-refractivity contribution >= 4 is 17.9 Å². The highest BCUT2D eigenvalue weighted by Gasteiger charge is 2.43. The minimum Gasteiger partial charge on any atom is -0.337 e. The first kappa shape index (κ1) is 15.4. The van der Waals surface area contributed by atoms with E-state index in [4.69, 9.17) is 0 Å². The van der Waals surface area contributed by atoms with Crippen LogP contribution in [0.4, 0.5) is 0 Å². The molecule has 4 nitrogen and oxygen atoms in total. The molecule has 0 N–H and O–H groups in total. The Morgan fingerprint density at radius 1 is 1.08 bits per heavy atom. The summed E-state index contributed by atoms with van der Waals surface area (Å²) >= 11 is 0. The van der Waals surface area contributed by atoms with E-state index in [1.165, 1.54) is 12.8 Å². The Balaban J connectivity index is 1.45. The molecule has 0 unspecified atom stereocenters. The molecule has 24 heavy (non-hydrogen) atoms. The van der Waals surface area contributed by atoms with Crippen LogP contribution < -0.4 is 0 Å². The average molecular weight is 324 g/mol. The molecule has 1 aromatic rings. The lowest BCUT2D eigenvalue weighted by Gasteiger charge is -2.36. The molecule has 1 aliphatic carbocycles. The van der Waals surface area contributed by atoms with Crippen molar-refractivity contribution < 1.29 is 9.59 Å².